The van der Waals surface area contributed by atoms with Crippen LogP contribution in [-0.4, -0.2) is 66.3 Å². The average Bonchev–Trinajstić information content (AvgIpc) is 3.05. The second-order valence-corrected chi connectivity index (χ2v) is 9.26. The number of amides is 1. The maximum absolute atomic E-state index is 13.1. The zero-order valence-electron chi connectivity index (χ0n) is 18.7. The number of thioether (sulfide) groups is 1. The summed E-state index contributed by atoms with van der Waals surface area (Å²) in [5, 5.41) is 9.70. The van der Waals surface area contributed by atoms with Gasteiger partial charge in [-0.2, -0.15) is 5.26 Å². The third-order valence-corrected chi connectivity index (χ3v) is 6.86. The highest BCUT2D eigenvalue weighted by atomic mass is 32.2. The smallest absolute Gasteiger partial charge is 0.270 e. The molecule has 1 aromatic rings. The monoisotopic (exact) mass is 476 g/mol. The lowest BCUT2D eigenvalue weighted by atomic mass is 10.0. The molecule has 3 heterocycles. The highest BCUT2D eigenvalue weighted by Gasteiger charge is 2.33. The van der Waals surface area contributed by atoms with Gasteiger partial charge in [-0.25, -0.2) is 0 Å². The van der Waals surface area contributed by atoms with Crippen molar-refractivity contribution in [2.45, 2.75) is 33.2 Å². The zero-order chi connectivity index (χ0) is 23.3. The molecule has 0 bridgehead atoms. The number of ether oxygens (including phenoxy) is 2. The minimum Gasteiger partial charge on any atom is -0.385 e. The van der Waals surface area contributed by atoms with Gasteiger partial charge in [0.15, 0.2) is 0 Å². The molecule has 2 fully saturated rings. The standard InChI is InChI=1S/C22H28N4O4S2/c1-4-6-25-19(24-8-11-30-12-9-24)16(15(2)17(14-23)20(25)27)13-18-21(28)26(22(31)32-18)7-5-10-29-3/h13H,4-12H2,1-3H3. The molecular weight excluding hydrogens is 448 g/mol. The summed E-state index contributed by atoms with van der Waals surface area (Å²) >= 11 is 6.69. The molecule has 0 radical (unpaired) electrons. The van der Waals surface area contributed by atoms with E-state index in [1.165, 1.54) is 11.8 Å². The van der Waals surface area contributed by atoms with E-state index >= 15 is 0 Å². The first-order chi connectivity index (χ1) is 15.4. The molecular formula is C22H28N4O4S2. The predicted molar refractivity (Wildman–Crippen MR) is 130 cm³/mol. The molecule has 0 saturated carbocycles. The number of pyridine rings is 1. The van der Waals surface area contributed by atoms with Crippen LogP contribution in [0.4, 0.5) is 5.82 Å². The molecule has 172 valence electrons. The fraction of sp³-hybridized carbons (Fsp3) is 0.545. The number of carbonyl (C=O) groups excluding carboxylic acids is 1. The van der Waals surface area contributed by atoms with Crippen molar-refractivity contribution in [2.24, 2.45) is 0 Å². The van der Waals surface area contributed by atoms with Crippen LogP contribution >= 0.6 is 24.0 Å². The predicted octanol–water partition coefficient (Wildman–Crippen LogP) is 2.51. The van der Waals surface area contributed by atoms with E-state index in [1.807, 2.05) is 6.92 Å². The molecule has 32 heavy (non-hydrogen) atoms. The first-order valence-electron chi connectivity index (χ1n) is 10.7. The van der Waals surface area contributed by atoms with Crippen molar-refractivity contribution in [2.75, 3.05) is 51.5 Å². The van der Waals surface area contributed by atoms with Crippen LogP contribution in [0, 0.1) is 18.3 Å². The molecule has 0 N–H and O–H groups in total. The number of rotatable bonds is 8. The van der Waals surface area contributed by atoms with E-state index in [0.717, 1.165) is 12.2 Å². The summed E-state index contributed by atoms with van der Waals surface area (Å²) in [7, 11) is 1.62. The number of carbonyl (C=O) groups is 1. The summed E-state index contributed by atoms with van der Waals surface area (Å²) in [6.45, 7) is 7.66. The lowest BCUT2D eigenvalue weighted by molar-refractivity contribution is -0.122. The Morgan fingerprint density at radius 2 is 2.00 bits per heavy atom. The molecule has 2 aliphatic heterocycles. The van der Waals surface area contributed by atoms with Gasteiger partial charge in [0, 0.05) is 45.5 Å². The number of nitrogens with zero attached hydrogens (tertiary/aromatic N) is 4. The molecule has 0 atom stereocenters. The number of hydrogen-bond donors (Lipinski definition) is 0. The SMILES string of the molecule is CCCn1c(N2CCOCC2)c(C=C2SC(=S)N(CCCOC)C2=O)c(C)c(C#N)c1=O. The Hall–Kier alpha value is -2.19. The van der Waals surface area contributed by atoms with Gasteiger partial charge in [0.05, 0.1) is 18.1 Å². The number of anilines is 1. The van der Waals surface area contributed by atoms with Crippen LogP contribution in [0.3, 0.4) is 0 Å². The zero-order valence-corrected chi connectivity index (χ0v) is 20.3. The molecule has 10 heteroatoms. The Labute approximate surface area is 197 Å². The summed E-state index contributed by atoms with van der Waals surface area (Å²) < 4.78 is 12.8. The van der Waals surface area contributed by atoms with Crippen molar-refractivity contribution in [1.29, 1.82) is 5.26 Å². The summed E-state index contributed by atoms with van der Waals surface area (Å²) in [6.07, 6.45) is 3.22. The highest BCUT2D eigenvalue weighted by molar-refractivity contribution is 8.26. The van der Waals surface area contributed by atoms with Gasteiger partial charge in [-0.1, -0.05) is 30.9 Å². The van der Waals surface area contributed by atoms with E-state index in [4.69, 9.17) is 21.7 Å². The van der Waals surface area contributed by atoms with Crippen LogP contribution in [0.2, 0.25) is 0 Å². The second-order valence-electron chi connectivity index (χ2n) is 7.58. The molecule has 0 aliphatic carbocycles. The average molecular weight is 477 g/mol. The quantitative estimate of drug-likeness (QED) is 0.321. The number of nitriles is 1. The summed E-state index contributed by atoms with van der Waals surface area (Å²) in [5.41, 5.74) is 1.11. The third-order valence-electron chi connectivity index (χ3n) is 5.48. The second kappa shape index (κ2) is 11.1. The van der Waals surface area contributed by atoms with Gasteiger partial charge in [-0.3, -0.25) is 19.1 Å². The molecule has 1 amide bonds. The van der Waals surface area contributed by atoms with Crippen LogP contribution in [0.1, 0.15) is 36.5 Å². The van der Waals surface area contributed by atoms with Crippen molar-refractivity contribution >= 4 is 46.1 Å². The fourth-order valence-electron chi connectivity index (χ4n) is 3.88. The highest BCUT2D eigenvalue weighted by Crippen LogP contribution is 2.36. The first-order valence-corrected chi connectivity index (χ1v) is 11.9. The van der Waals surface area contributed by atoms with Crippen molar-refractivity contribution in [3.8, 4) is 6.07 Å². The third kappa shape index (κ3) is 4.91. The van der Waals surface area contributed by atoms with E-state index in [9.17, 15) is 14.9 Å². The van der Waals surface area contributed by atoms with Crippen LogP contribution < -0.4 is 10.5 Å². The molecule has 1 aromatic heterocycles. The van der Waals surface area contributed by atoms with Crippen LogP contribution in [0.5, 0.6) is 0 Å². The Morgan fingerprint density at radius 1 is 1.28 bits per heavy atom. The largest absolute Gasteiger partial charge is 0.385 e. The summed E-state index contributed by atoms with van der Waals surface area (Å²) in [5.74, 6) is 0.580. The van der Waals surface area contributed by atoms with Gasteiger partial charge in [-0.15, -0.1) is 0 Å². The molecule has 0 unspecified atom stereocenters. The number of methoxy groups -OCH3 is 1. The minimum atomic E-state index is -0.294. The van der Waals surface area contributed by atoms with E-state index in [0.29, 0.717) is 72.8 Å². The van der Waals surface area contributed by atoms with E-state index in [1.54, 1.807) is 29.6 Å². The van der Waals surface area contributed by atoms with Crippen molar-refractivity contribution < 1.29 is 14.3 Å². The molecule has 0 spiro atoms. The lowest BCUT2D eigenvalue weighted by Gasteiger charge is -2.33. The van der Waals surface area contributed by atoms with Gasteiger partial charge in [0.1, 0.15) is 21.8 Å². The maximum atomic E-state index is 13.1. The van der Waals surface area contributed by atoms with Crippen LogP contribution in [0.15, 0.2) is 9.70 Å². The molecule has 2 saturated heterocycles. The molecule has 0 aromatic carbocycles. The minimum absolute atomic E-state index is 0.109. The van der Waals surface area contributed by atoms with E-state index in [2.05, 4.69) is 11.0 Å². The van der Waals surface area contributed by atoms with Gasteiger partial charge < -0.3 is 14.4 Å². The normalized spacial score (nSPS) is 18.0. The Balaban J connectivity index is 2.13. The van der Waals surface area contributed by atoms with Crippen molar-refractivity contribution in [3.63, 3.8) is 0 Å². The number of thiocarbonyl (C=S) groups is 1. The van der Waals surface area contributed by atoms with E-state index in [-0.39, 0.29) is 17.0 Å². The Kier molecular flexibility index (Phi) is 8.48. The fourth-order valence-corrected chi connectivity index (χ4v) is 5.17. The molecule has 2 aliphatic rings. The Morgan fingerprint density at radius 3 is 2.62 bits per heavy atom. The van der Waals surface area contributed by atoms with Gasteiger partial charge in [0.2, 0.25) is 0 Å². The van der Waals surface area contributed by atoms with Crippen LogP contribution in [-0.2, 0) is 20.8 Å². The number of morpholine rings is 1. The van der Waals surface area contributed by atoms with Crippen molar-refractivity contribution in [1.82, 2.24) is 9.47 Å². The Bertz CT molecular complexity index is 1020. The van der Waals surface area contributed by atoms with E-state index < -0.39 is 0 Å². The van der Waals surface area contributed by atoms with Crippen LogP contribution in [0.25, 0.3) is 6.08 Å². The lowest BCUT2D eigenvalue weighted by Crippen LogP contribution is -2.41. The molecule has 3 rings (SSSR count). The van der Waals surface area contributed by atoms with Gasteiger partial charge in [-0.05, 0) is 31.4 Å². The summed E-state index contributed by atoms with van der Waals surface area (Å²) in [4.78, 5) is 30.4. The van der Waals surface area contributed by atoms with Gasteiger partial charge >= 0.3 is 0 Å². The van der Waals surface area contributed by atoms with Gasteiger partial charge in [0.25, 0.3) is 11.5 Å². The maximum Gasteiger partial charge on any atom is 0.270 e. The first kappa shape index (κ1) is 24.5. The topological polar surface area (TPSA) is 87.8 Å². The van der Waals surface area contributed by atoms with Crippen molar-refractivity contribution in [3.05, 3.63) is 31.9 Å². The molecule has 8 nitrogen and oxygen atoms in total. The number of hydrogen-bond acceptors (Lipinski definition) is 8. The number of aromatic nitrogens is 1. The summed E-state index contributed by atoms with van der Waals surface area (Å²) in [6, 6.07) is 2.07.